The van der Waals surface area contributed by atoms with Gasteiger partial charge in [-0.25, -0.2) is 0 Å². The van der Waals surface area contributed by atoms with E-state index < -0.39 is 0 Å². The van der Waals surface area contributed by atoms with Crippen LogP contribution in [-0.4, -0.2) is 0 Å². The fraction of sp³-hybridized carbons (Fsp3) is 0.0857. The Morgan fingerprint density at radius 2 is 0.429 bits per heavy atom. The third-order valence-electron chi connectivity index (χ3n) is 16.3. The molecule has 14 rings (SSSR count). The van der Waals surface area contributed by atoms with Crippen LogP contribution < -0.4 is 0 Å². The summed E-state index contributed by atoms with van der Waals surface area (Å²) in [4.78, 5) is 0. The Hall–Kier alpha value is -8.32. The van der Waals surface area contributed by atoms with Crippen LogP contribution in [0.1, 0.15) is 49.9 Å². The Bertz CT molecular complexity index is 3760. The summed E-state index contributed by atoms with van der Waals surface area (Å²) in [7, 11) is 0. The molecule has 12 aromatic rings. The first-order valence-corrected chi connectivity index (χ1v) is 24.8. The molecule has 70 heavy (non-hydrogen) atoms. The average molecular weight is 891 g/mol. The smallest absolute Gasteiger partial charge is 0.0159 e. The molecule has 0 amide bonds. The minimum atomic E-state index is -0.166. The number of benzene rings is 12. The Balaban J connectivity index is 0.957. The van der Waals surface area contributed by atoms with Crippen molar-refractivity contribution >= 4 is 43.1 Å². The zero-order valence-corrected chi connectivity index (χ0v) is 39.9. The summed E-state index contributed by atoms with van der Waals surface area (Å²) < 4.78 is 0. The van der Waals surface area contributed by atoms with Gasteiger partial charge < -0.3 is 0 Å². The molecule has 0 heterocycles. The summed E-state index contributed by atoms with van der Waals surface area (Å²) in [5.74, 6) is 0. The van der Waals surface area contributed by atoms with Gasteiger partial charge in [0.25, 0.3) is 0 Å². The predicted octanol–water partition coefficient (Wildman–Crippen LogP) is 19.2. The molecule has 12 aromatic carbocycles. The van der Waals surface area contributed by atoms with E-state index in [1.54, 1.807) is 0 Å². The fourth-order valence-electron chi connectivity index (χ4n) is 12.8. The molecule has 330 valence electrons. The first kappa shape index (κ1) is 40.7. The van der Waals surface area contributed by atoms with Crippen LogP contribution in [0.5, 0.6) is 0 Å². The highest BCUT2D eigenvalue weighted by Crippen LogP contribution is 2.55. The minimum Gasteiger partial charge on any atom is -0.0622 e. The molecular weight excluding hydrogens is 841 g/mol. The van der Waals surface area contributed by atoms with Gasteiger partial charge in [0.2, 0.25) is 0 Å². The number of hydrogen-bond donors (Lipinski definition) is 0. The molecule has 0 atom stereocenters. The maximum atomic E-state index is 2.50. The third kappa shape index (κ3) is 5.83. The van der Waals surface area contributed by atoms with Gasteiger partial charge in [0.1, 0.15) is 0 Å². The van der Waals surface area contributed by atoms with Gasteiger partial charge in [-0.15, -0.1) is 0 Å². The maximum absolute atomic E-state index is 2.50. The standard InChI is InChI=1S/C70H50/c1-69(2)61-39-45(43-19-7-5-8-20-43)31-35-49(61)51-37-33-47(41-63(51)69)65-53-23-11-15-27-57(53)67(58-28-16-12-24-54(58)65)68-59-29-17-13-25-55(59)66(56-26-14-18-30-60(56)68)48-34-38-52-50-36-32-46(44-21-9-6-10-22-44)40-62(50)70(3,4)64(52)42-48/h5-42H,1-4H3. The third-order valence-corrected chi connectivity index (χ3v) is 16.3. The van der Waals surface area contributed by atoms with E-state index in [1.165, 1.54) is 143 Å². The van der Waals surface area contributed by atoms with Crippen LogP contribution in [0.25, 0.3) is 121 Å². The molecule has 0 fully saturated rings. The van der Waals surface area contributed by atoms with E-state index in [2.05, 4.69) is 258 Å². The second kappa shape index (κ2) is 15.1. The van der Waals surface area contributed by atoms with Crippen molar-refractivity contribution < 1.29 is 0 Å². The zero-order valence-electron chi connectivity index (χ0n) is 39.9. The van der Waals surface area contributed by atoms with Crippen LogP contribution in [0.2, 0.25) is 0 Å². The summed E-state index contributed by atoms with van der Waals surface area (Å²) in [6.45, 7) is 9.61. The van der Waals surface area contributed by atoms with Crippen LogP contribution >= 0.6 is 0 Å². The lowest BCUT2D eigenvalue weighted by Crippen LogP contribution is -2.15. The van der Waals surface area contributed by atoms with Crippen molar-refractivity contribution in [2.75, 3.05) is 0 Å². The van der Waals surface area contributed by atoms with Gasteiger partial charge in [0.15, 0.2) is 0 Å². The van der Waals surface area contributed by atoms with Crippen molar-refractivity contribution in [2.24, 2.45) is 0 Å². The SMILES string of the molecule is CC1(C)c2cc(-c3ccccc3)ccc2-c2ccc(-c3c4ccccc4c(-c4c5ccccc5c(-c5ccc6c(c5)C(C)(C)c5cc(-c7ccccc7)ccc5-6)c5ccccc45)c4ccccc34)cc21. The van der Waals surface area contributed by atoms with Crippen LogP contribution in [0.3, 0.4) is 0 Å². The lowest BCUT2D eigenvalue weighted by Gasteiger charge is -2.25. The second-order valence-electron chi connectivity index (χ2n) is 20.7. The summed E-state index contributed by atoms with van der Waals surface area (Å²) in [5.41, 5.74) is 23.2. The van der Waals surface area contributed by atoms with E-state index >= 15 is 0 Å². The Labute approximate surface area is 410 Å². The lowest BCUT2D eigenvalue weighted by atomic mass is 9.78. The highest BCUT2D eigenvalue weighted by molar-refractivity contribution is 6.30. The van der Waals surface area contributed by atoms with E-state index in [4.69, 9.17) is 0 Å². The number of hydrogen-bond acceptors (Lipinski definition) is 0. The number of rotatable bonds is 5. The summed E-state index contributed by atoms with van der Waals surface area (Å²) in [6, 6.07) is 86.8. The van der Waals surface area contributed by atoms with E-state index in [9.17, 15) is 0 Å². The molecule has 0 spiro atoms. The van der Waals surface area contributed by atoms with E-state index in [1.807, 2.05) is 0 Å². The summed E-state index contributed by atoms with van der Waals surface area (Å²) in [5, 5.41) is 10.1. The van der Waals surface area contributed by atoms with Gasteiger partial charge in [0.05, 0.1) is 0 Å². The van der Waals surface area contributed by atoms with Crippen molar-refractivity contribution in [3.8, 4) is 77.9 Å². The zero-order chi connectivity index (χ0) is 46.9. The van der Waals surface area contributed by atoms with Crippen LogP contribution in [-0.2, 0) is 10.8 Å². The molecule has 0 bridgehead atoms. The van der Waals surface area contributed by atoms with Crippen molar-refractivity contribution in [1.29, 1.82) is 0 Å². The maximum Gasteiger partial charge on any atom is 0.0159 e. The molecule has 0 aromatic heterocycles. The largest absolute Gasteiger partial charge is 0.0622 e. The quantitative estimate of drug-likeness (QED) is 0.151. The van der Waals surface area contributed by atoms with E-state index in [0.29, 0.717) is 0 Å². The monoisotopic (exact) mass is 890 g/mol. The van der Waals surface area contributed by atoms with Crippen LogP contribution in [0.15, 0.2) is 231 Å². The van der Waals surface area contributed by atoms with Crippen LogP contribution in [0.4, 0.5) is 0 Å². The lowest BCUT2D eigenvalue weighted by molar-refractivity contribution is 0.660. The Kier molecular flexibility index (Phi) is 8.78. The second-order valence-corrected chi connectivity index (χ2v) is 20.7. The summed E-state index contributed by atoms with van der Waals surface area (Å²) >= 11 is 0. The Morgan fingerprint density at radius 1 is 0.200 bits per heavy atom. The number of fused-ring (bicyclic) bond motifs is 10. The van der Waals surface area contributed by atoms with Gasteiger partial charge in [-0.3, -0.25) is 0 Å². The van der Waals surface area contributed by atoms with Crippen molar-refractivity contribution in [2.45, 2.75) is 38.5 Å². The van der Waals surface area contributed by atoms with Crippen molar-refractivity contribution in [1.82, 2.24) is 0 Å². The fourth-order valence-corrected chi connectivity index (χ4v) is 12.8. The molecule has 0 saturated heterocycles. The first-order valence-electron chi connectivity index (χ1n) is 24.8. The summed E-state index contributed by atoms with van der Waals surface area (Å²) in [6.07, 6.45) is 0. The molecule has 0 aliphatic heterocycles. The molecule has 0 radical (unpaired) electrons. The molecular formula is C70H50. The average Bonchev–Trinajstić information content (AvgIpc) is 3.78. The topological polar surface area (TPSA) is 0 Å². The molecule has 0 N–H and O–H groups in total. The van der Waals surface area contributed by atoms with Gasteiger partial charge in [-0.05, 0) is 167 Å². The molecule has 0 unspecified atom stereocenters. The van der Waals surface area contributed by atoms with E-state index in [0.717, 1.165) is 0 Å². The minimum absolute atomic E-state index is 0.166. The van der Waals surface area contributed by atoms with Crippen molar-refractivity contribution in [3.63, 3.8) is 0 Å². The Morgan fingerprint density at radius 3 is 0.714 bits per heavy atom. The molecule has 0 nitrogen and oxygen atoms in total. The van der Waals surface area contributed by atoms with Gasteiger partial charge in [0, 0.05) is 10.8 Å². The van der Waals surface area contributed by atoms with E-state index in [-0.39, 0.29) is 10.8 Å². The highest BCUT2D eigenvalue weighted by atomic mass is 14.4. The van der Waals surface area contributed by atoms with Gasteiger partial charge in [-0.1, -0.05) is 234 Å². The first-order chi connectivity index (χ1) is 34.3. The van der Waals surface area contributed by atoms with Gasteiger partial charge in [-0.2, -0.15) is 0 Å². The molecule has 0 heteroatoms. The highest BCUT2D eigenvalue weighted by Gasteiger charge is 2.38. The van der Waals surface area contributed by atoms with Gasteiger partial charge >= 0.3 is 0 Å². The molecule has 2 aliphatic rings. The normalized spacial score (nSPS) is 13.9. The molecule has 0 saturated carbocycles. The van der Waals surface area contributed by atoms with Crippen LogP contribution in [0, 0.1) is 0 Å². The van der Waals surface area contributed by atoms with Crippen molar-refractivity contribution in [3.05, 3.63) is 253 Å². The predicted molar refractivity (Wildman–Crippen MR) is 299 cm³/mol. The molecule has 2 aliphatic carbocycles.